The summed E-state index contributed by atoms with van der Waals surface area (Å²) >= 11 is 12.2. The van der Waals surface area contributed by atoms with Gasteiger partial charge in [0.25, 0.3) is 0 Å². The van der Waals surface area contributed by atoms with Crippen LogP contribution in [0, 0.1) is 0 Å². The monoisotopic (exact) mass is 278 g/mol. The van der Waals surface area contributed by atoms with Crippen LogP contribution in [0.5, 0.6) is 0 Å². The fourth-order valence-electron chi connectivity index (χ4n) is 1.64. The lowest BCUT2D eigenvalue weighted by Gasteiger charge is -2.00. The van der Waals surface area contributed by atoms with Crippen molar-refractivity contribution in [3.05, 3.63) is 63.9 Å². The van der Waals surface area contributed by atoms with Crippen molar-refractivity contribution in [3.8, 4) is 0 Å². The van der Waals surface area contributed by atoms with Gasteiger partial charge in [0, 0.05) is 27.7 Å². The summed E-state index contributed by atoms with van der Waals surface area (Å²) in [5.74, 6) is 0. The van der Waals surface area contributed by atoms with Crippen LogP contribution < -0.4 is 4.57 Å². The molecular weight excluding hydrogens is 265 g/mol. The summed E-state index contributed by atoms with van der Waals surface area (Å²) < 4.78 is 2.11. The van der Waals surface area contributed by atoms with E-state index in [2.05, 4.69) is 23.6 Å². The molecule has 92 valence electrons. The first-order valence-corrected chi connectivity index (χ1v) is 6.57. The Morgan fingerprint density at radius 1 is 1.00 bits per heavy atom. The Morgan fingerprint density at radius 3 is 2.17 bits per heavy atom. The third kappa shape index (κ3) is 3.12. The van der Waals surface area contributed by atoms with Crippen molar-refractivity contribution in [3.63, 3.8) is 0 Å². The molecule has 3 heteroatoms. The molecule has 0 aliphatic heterocycles. The molecule has 0 spiro atoms. The van der Waals surface area contributed by atoms with Gasteiger partial charge in [-0.25, -0.2) is 4.57 Å². The lowest BCUT2D eigenvalue weighted by Crippen LogP contribution is -2.30. The third-order valence-electron chi connectivity index (χ3n) is 2.72. The number of hydrogen-bond donors (Lipinski definition) is 0. The van der Waals surface area contributed by atoms with E-state index >= 15 is 0 Å². The molecule has 0 aliphatic rings. The summed E-state index contributed by atoms with van der Waals surface area (Å²) in [7, 11) is 0. The first-order valence-electron chi connectivity index (χ1n) is 5.82. The van der Waals surface area contributed by atoms with E-state index in [-0.39, 0.29) is 0 Å². The second kappa shape index (κ2) is 6.03. The van der Waals surface area contributed by atoms with Crippen LogP contribution in [0.1, 0.15) is 18.1 Å². The lowest BCUT2D eigenvalue weighted by atomic mass is 10.1. The number of nitrogens with zero attached hydrogens (tertiary/aromatic N) is 1. The van der Waals surface area contributed by atoms with Crippen molar-refractivity contribution in [1.29, 1.82) is 0 Å². The van der Waals surface area contributed by atoms with E-state index in [0.29, 0.717) is 10.0 Å². The lowest BCUT2D eigenvalue weighted by molar-refractivity contribution is -0.693. The Morgan fingerprint density at radius 2 is 1.61 bits per heavy atom. The number of halogens is 2. The molecule has 2 rings (SSSR count). The molecule has 0 saturated heterocycles. The van der Waals surface area contributed by atoms with Gasteiger partial charge in [-0.1, -0.05) is 41.4 Å². The molecule has 0 saturated carbocycles. The van der Waals surface area contributed by atoms with Gasteiger partial charge in [-0.15, -0.1) is 0 Å². The highest BCUT2D eigenvalue weighted by Crippen LogP contribution is 2.26. The van der Waals surface area contributed by atoms with Crippen LogP contribution in [0.25, 0.3) is 12.2 Å². The van der Waals surface area contributed by atoms with Crippen molar-refractivity contribution in [2.24, 2.45) is 0 Å². The van der Waals surface area contributed by atoms with Gasteiger partial charge in [0.1, 0.15) is 6.54 Å². The highest BCUT2D eigenvalue weighted by molar-refractivity contribution is 6.37. The summed E-state index contributed by atoms with van der Waals surface area (Å²) in [5.41, 5.74) is 1.98. The minimum atomic E-state index is 0.665. The summed E-state index contributed by atoms with van der Waals surface area (Å²) in [5, 5.41) is 1.33. The van der Waals surface area contributed by atoms with Crippen LogP contribution in [0.4, 0.5) is 0 Å². The van der Waals surface area contributed by atoms with Gasteiger partial charge in [0.05, 0.1) is 0 Å². The van der Waals surface area contributed by atoms with Crippen molar-refractivity contribution in [2.75, 3.05) is 0 Å². The van der Waals surface area contributed by atoms with Gasteiger partial charge in [-0.05, 0) is 24.6 Å². The molecule has 2 aromatic rings. The number of pyridine rings is 1. The Kier molecular flexibility index (Phi) is 4.40. The molecule has 0 fully saturated rings. The zero-order valence-electron chi connectivity index (χ0n) is 10.1. The second-order valence-electron chi connectivity index (χ2n) is 3.93. The maximum absolute atomic E-state index is 6.10. The van der Waals surface area contributed by atoms with Gasteiger partial charge in [0.15, 0.2) is 12.4 Å². The Labute approximate surface area is 117 Å². The van der Waals surface area contributed by atoms with Crippen molar-refractivity contribution in [1.82, 2.24) is 0 Å². The van der Waals surface area contributed by atoms with E-state index in [0.717, 1.165) is 17.7 Å². The zero-order valence-corrected chi connectivity index (χ0v) is 11.6. The van der Waals surface area contributed by atoms with Gasteiger partial charge in [-0.3, -0.25) is 0 Å². The molecule has 0 unspecified atom stereocenters. The summed E-state index contributed by atoms with van der Waals surface area (Å²) in [6, 6.07) is 9.64. The van der Waals surface area contributed by atoms with Gasteiger partial charge < -0.3 is 0 Å². The average molecular weight is 279 g/mol. The molecule has 1 aromatic carbocycles. The topological polar surface area (TPSA) is 3.88 Å². The van der Waals surface area contributed by atoms with Crippen LogP contribution in [0.3, 0.4) is 0 Å². The van der Waals surface area contributed by atoms with Gasteiger partial charge in [-0.2, -0.15) is 0 Å². The maximum atomic E-state index is 6.10. The van der Waals surface area contributed by atoms with E-state index in [1.807, 2.05) is 42.7 Å². The third-order valence-corrected chi connectivity index (χ3v) is 3.38. The molecule has 0 bridgehead atoms. The summed E-state index contributed by atoms with van der Waals surface area (Å²) in [6.07, 6.45) is 8.05. The Balaban J connectivity index is 2.24. The van der Waals surface area contributed by atoms with Crippen molar-refractivity contribution in [2.45, 2.75) is 13.5 Å². The van der Waals surface area contributed by atoms with Crippen LogP contribution in [-0.4, -0.2) is 0 Å². The molecule has 0 amide bonds. The minimum Gasteiger partial charge on any atom is -0.205 e. The highest BCUT2D eigenvalue weighted by atomic mass is 35.5. The first-order chi connectivity index (χ1) is 8.70. The molecule has 1 heterocycles. The number of aromatic nitrogens is 1. The predicted molar refractivity (Wildman–Crippen MR) is 77.7 cm³/mol. The SMILES string of the molecule is CC[n+]1ccc(/C=C/c2c(Cl)cccc2Cl)cc1. The van der Waals surface area contributed by atoms with Crippen molar-refractivity contribution >= 4 is 35.4 Å². The van der Waals surface area contributed by atoms with E-state index in [4.69, 9.17) is 23.2 Å². The number of benzene rings is 1. The van der Waals surface area contributed by atoms with E-state index in [1.54, 1.807) is 0 Å². The smallest absolute Gasteiger partial charge is 0.169 e. The Bertz CT molecular complexity index is 539. The van der Waals surface area contributed by atoms with Crippen LogP contribution in [0.15, 0.2) is 42.7 Å². The van der Waals surface area contributed by atoms with Gasteiger partial charge >= 0.3 is 0 Å². The summed E-state index contributed by atoms with van der Waals surface area (Å²) in [4.78, 5) is 0. The quantitative estimate of drug-likeness (QED) is 0.730. The molecule has 0 aliphatic carbocycles. The zero-order chi connectivity index (χ0) is 13.0. The second-order valence-corrected chi connectivity index (χ2v) is 4.74. The number of rotatable bonds is 3. The van der Waals surface area contributed by atoms with E-state index < -0.39 is 0 Å². The number of aryl methyl sites for hydroxylation is 1. The maximum Gasteiger partial charge on any atom is 0.169 e. The number of hydrogen-bond acceptors (Lipinski definition) is 0. The van der Waals surface area contributed by atoms with Crippen LogP contribution in [0.2, 0.25) is 10.0 Å². The average Bonchev–Trinajstić information content (AvgIpc) is 2.39. The van der Waals surface area contributed by atoms with Crippen LogP contribution in [-0.2, 0) is 6.54 Å². The molecule has 0 N–H and O–H groups in total. The molecule has 18 heavy (non-hydrogen) atoms. The molecular formula is C15H14Cl2N+. The summed E-state index contributed by atoms with van der Waals surface area (Å²) in [6.45, 7) is 3.08. The normalized spacial score (nSPS) is 11.1. The molecule has 1 nitrogen and oxygen atoms in total. The highest BCUT2D eigenvalue weighted by Gasteiger charge is 2.01. The van der Waals surface area contributed by atoms with E-state index in [1.165, 1.54) is 0 Å². The molecule has 1 aromatic heterocycles. The predicted octanol–water partition coefficient (Wildman–Crippen LogP) is 4.47. The molecule has 0 radical (unpaired) electrons. The van der Waals surface area contributed by atoms with Crippen molar-refractivity contribution < 1.29 is 4.57 Å². The minimum absolute atomic E-state index is 0.665. The molecule has 0 atom stereocenters. The first kappa shape index (κ1) is 13.1. The van der Waals surface area contributed by atoms with E-state index in [9.17, 15) is 0 Å². The van der Waals surface area contributed by atoms with Gasteiger partial charge in [0.2, 0.25) is 0 Å². The Hall–Kier alpha value is -1.31. The largest absolute Gasteiger partial charge is 0.205 e. The van der Waals surface area contributed by atoms with Crippen LogP contribution >= 0.6 is 23.2 Å². The fraction of sp³-hybridized carbons (Fsp3) is 0.133. The standard InChI is InChI=1S/C15H14Cl2N/c1-2-18-10-8-12(9-11-18)6-7-13-14(16)4-3-5-15(13)17/h3-11H,2H2,1H3/q+1/b7-6+. The fourth-order valence-corrected chi connectivity index (χ4v) is 2.16.